The molecule has 0 saturated heterocycles. The average Bonchev–Trinajstić information content (AvgIpc) is 2.94. The molecule has 0 radical (unpaired) electrons. The first-order chi connectivity index (χ1) is 12.9. The lowest BCUT2D eigenvalue weighted by atomic mass is 10.0. The quantitative estimate of drug-likeness (QED) is 0.838. The Balaban J connectivity index is 2.93. The number of hydrogen-bond donors (Lipinski definition) is 0. The highest BCUT2D eigenvalue weighted by Crippen LogP contribution is 2.24. The Morgan fingerprint density at radius 2 is 2.28 bits per heavy atom. The van der Waals surface area contributed by atoms with Crippen LogP contribution in [0.1, 0.15) is 28.8 Å². The second-order valence-electron chi connectivity index (χ2n) is 3.99. The lowest BCUT2D eigenvalue weighted by molar-refractivity contribution is 0.171. The molecule has 0 fully saturated rings. The molecule has 0 aliphatic rings. The standard InChI is InChI=1S/C15H22N2O/c1-15(2,16(3)4)11-17-9-8-12-10-13(18-5)6-7-14(12)17/h6-10H,11H2,1-5H3/i1D3,2D3,3D3,11D2. The molecule has 0 unspecified atom stereocenters. The van der Waals surface area contributed by atoms with Gasteiger partial charge in [0.1, 0.15) is 5.75 Å². The van der Waals surface area contributed by atoms with Crippen molar-refractivity contribution in [3.8, 4) is 5.75 Å². The van der Waals surface area contributed by atoms with Crippen molar-refractivity contribution in [3.63, 3.8) is 0 Å². The molecule has 3 nitrogen and oxygen atoms in total. The van der Waals surface area contributed by atoms with E-state index in [1.807, 2.05) is 0 Å². The number of fused-ring (bicyclic) bond motifs is 1. The molecule has 0 atom stereocenters. The maximum Gasteiger partial charge on any atom is 0.119 e. The number of likely N-dealkylation sites (N-methyl/N-ethyl adjacent to an activating group) is 1. The molecule has 0 bridgehead atoms. The Bertz CT molecular complexity index is 865. The minimum atomic E-state index is -3.53. The van der Waals surface area contributed by atoms with Gasteiger partial charge in [0.05, 0.1) is 9.85 Å². The molecule has 2 aromatic rings. The van der Waals surface area contributed by atoms with Crippen molar-refractivity contribution in [2.45, 2.75) is 25.7 Å². The summed E-state index contributed by atoms with van der Waals surface area (Å²) in [6.45, 7) is -13.4. The predicted molar refractivity (Wildman–Crippen MR) is 76.3 cm³/mol. The smallest absolute Gasteiger partial charge is 0.119 e. The van der Waals surface area contributed by atoms with Gasteiger partial charge < -0.3 is 14.2 Å². The fourth-order valence-corrected chi connectivity index (χ4v) is 1.59. The SMILES string of the molecule is [2H]C([2H])([2H])N(C)C(C([2H])([2H])[2H])(C([2H])([2H])[2H])C([2H])([2H])n1ccc2cc(OC)ccc21. The van der Waals surface area contributed by atoms with Crippen LogP contribution in [0.5, 0.6) is 5.75 Å². The van der Waals surface area contributed by atoms with Crippen molar-refractivity contribution in [1.82, 2.24) is 9.47 Å². The van der Waals surface area contributed by atoms with E-state index in [0.717, 1.165) is 11.6 Å². The maximum atomic E-state index is 8.68. The Labute approximate surface area is 124 Å². The van der Waals surface area contributed by atoms with Crippen molar-refractivity contribution >= 4 is 10.9 Å². The van der Waals surface area contributed by atoms with Gasteiger partial charge in [-0.05, 0) is 52.0 Å². The van der Waals surface area contributed by atoms with E-state index in [-0.39, 0.29) is 10.4 Å². The second-order valence-corrected chi connectivity index (χ2v) is 3.99. The van der Waals surface area contributed by atoms with Crippen LogP contribution in [0.3, 0.4) is 0 Å². The Morgan fingerprint density at radius 3 is 2.94 bits per heavy atom. The summed E-state index contributed by atoms with van der Waals surface area (Å²) in [5, 5.41) is 0.467. The van der Waals surface area contributed by atoms with Gasteiger partial charge in [-0.15, -0.1) is 0 Å². The molecule has 1 aromatic heterocycles. The zero-order valence-electron chi connectivity index (χ0n) is 21.2. The zero-order valence-corrected chi connectivity index (χ0v) is 10.2. The Hall–Kier alpha value is -1.48. The summed E-state index contributed by atoms with van der Waals surface area (Å²) < 4.78 is 93.9. The minimum Gasteiger partial charge on any atom is -0.497 e. The first-order valence-corrected chi connectivity index (χ1v) is 5.32. The molecule has 0 saturated carbocycles. The van der Waals surface area contributed by atoms with E-state index in [2.05, 4.69) is 0 Å². The molecule has 0 aliphatic carbocycles. The molecule has 18 heavy (non-hydrogen) atoms. The van der Waals surface area contributed by atoms with Crippen LogP contribution in [-0.4, -0.2) is 36.1 Å². The van der Waals surface area contributed by atoms with Gasteiger partial charge in [-0.2, -0.15) is 0 Å². The van der Waals surface area contributed by atoms with Crippen LogP contribution in [0, 0.1) is 0 Å². The fraction of sp³-hybridized carbons (Fsp3) is 0.467. The van der Waals surface area contributed by atoms with Crippen LogP contribution >= 0.6 is 0 Å². The number of aromatic nitrogens is 1. The number of nitrogens with zero attached hydrogens (tertiary/aromatic N) is 2. The number of ether oxygens (including phenoxy) is 1. The van der Waals surface area contributed by atoms with Crippen LogP contribution in [0.2, 0.25) is 0 Å². The highest BCUT2D eigenvalue weighted by molar-refractivity contribution is 5.81. The maximum absolute atomic E-state index is 8.68. The van der Waals surface area contributed by atoms with Gasteiger partial charge in [0.2, 0.25) is 0 Å². The zero-order chi connectivity index (χ0) is 22.6. The molecule has 1 heterocycles. The van der Waals surface area contributed by atoms with Crippen LogP contribution in [-0.2, 0) is 6.50 Å². The molecular formula is C15H22N2O. The highest BCUT2D eigenvalue weighted by Gasteiger charge is 2.21. The molecule has 0 amide bonds. The van der Waals surface area contributed by atoms with Crippen LogP contribution in [0.25, 0.3) is 10.9 Å². The van der Waals surface area contributed by atoms with Gasteiger partial charge >= 0.3 is 0 Å². The van der Waals surface area contributed by atoms with Crippen molar-refractivity contribution < 1.29 is 19.8 Å². The van der Waals surface area contributed by atoms with Crippen molar-refractivity contribution in [2.75, 3.05) is 21.1 Å². The van der Waals surface area contributed by atoms with Crippen LogP contribution in [0.4, 0.5) is 0 Å². The molecule has 1 aromatic carbocycles. The van der Waals surface area contributed by atoms with Gasteiger partial charge in [0, 0.05) is 41.5 Å². The summed E-state index contributed by atoms with van der Waals surface area (Å²) in [6.07, 6.45) is 1.20. The van der Waals surface area contributed by atoms with Gasteiger partial charge in [0.15, 0.2) is 0 Å². The summed E-state index contributed by atoms with van der Waals surface area (Å²) in [5.74, 6) is 0.466. The third-order valence-electron chi connectivity index (χ3n) is 2.68. The molecule has 2 rings (SSSR count). The average molecular weight is 257 g/mol. The van der Waals surface area contributed by atoms with Crippen molar-refractivity contribution in [1.29, 1.82) is 0 Å². The van der Waals surface area contributed by atoms with E-state index < -0.39 is 32.7 Å². The van der Waals surface area contributed by atoms with Gasteiger partial charge in [-0.3, -0.25) is 0 Å². The fourth-order valence-electron chi connectivity index (χ4n) is 1.59. The number of hydrogen-bond acceptors (Lipinski definition) is 2. The topological polar surface area (TPSA) is 17.4 Å². The third-order valence-corrected chi connectivity index (χ3v) is 2.68. The molecule has 0 aliphatic heterocycles. The minimum absolute atomic E-state index is 0.134. The molecule has 3 heteroatoms. The Morgan fingerprint density at radius 1 is 1.44 bits per heavy atom. The van der Waals surface area contributed by atoms with Gasteiger partial charge in [-0.1, -0.05) is 0 Å². The van der Waals surface area contributed by atoms with Gasteiger partial charge in [-0.25, -0.2) is 0 Å². The van der Waals surface area contributed by atoms with Crippen LogP contribution in [0.15, 0.2) is 30.5 Å². The highest BCUT2D eigenvalue weighted by atomic mass is 16.5. The van der Waals surface area contributed by atoms with Gasteiger partial charge in [0.25, 0.3) is 0 Å². The second kappa shape index (κ2) is 4.65. The third kappa shape index (κ3) is 2.36. The number of methoxy groups -OCH3 is 1. The Kier molecular flexibility index (Phi) is 1.26. The summed E-state index contributed by atoms with van der Waals surface area (Å²) >= 11 is 0. The molecular weight excluding hydrogens is 224 g/mol. The first kappa shape index (κ1) is 4.89. The molecule has 98 valence electrons. The van der Waals surface area contributed by atoms with E-state index in [4.69, 9.17) is 19.8 Å². The lowest BCUT2D eigenvalue weighted by Gasteiger charge is -2.33. The lowest BCUT2D eigenvalue weighted by Crippen LogP contribution is -2.41. The molecule has 0 spiro atoms. The normalized spacial score (nSPS) is 24.3. The van der Waals surface area contributed by atoms with E-state index in [0.29, 0.717) is 11.1 Å². The summed E-state index contributed by atoms with van der Waals surface area (Å²) in [4.78, 5) is 0.134. The van der Waals surface area contributed by atoms with E-state index in [9.17, 15) is 0 Å². The summed E-state index contributed by atoms with van der Waals surface area (Å²) in [6, 6.07) is 6.00. The van der Waals surface area contributed by atoms with E-state index in [1.165, 1.54) is 31.5 Å². The van der Waals surface area contributed by atoms with E-state index in [1.54, 1.807) is 6.07 Å². The van der Waals surface area contributed by atoms with Crippen molar-refractivity contribution in [2.24, 2.45) is 0 Å². The number of benzene rings is 1. The van der Waals surface area contributed by atoms with E-state index >= 15 is 0 Å². The summed E-state index contributed by atoms with van der Waals surface area (Å²) in [5.41, 5.74) is -3.20. The van der Waals surface area contributed by atoms with Crippen LogP contribution < -0.4 is 4.74 Å². The largest absolute Gasteiger partial charge is 0.497 e. The molecule has 0 N–H and O–H groups in total. The summed E-state index contributed by atoms with van der Waals surface area (Å²) in [7, 11) is 2.23. The number of rotatable bonds is 4. The predicted octanol–water partition coefficient (Wildman–Crippen LogP) is 2.99. The van der Waals surface area contributed by atoms with Crippen molar-refractivity contribution in [3.05, 3.63) is 30.5 Å². The monoisotopic (exact) mass is 257 g/mol. The first-order valence-electron chi connectivity index (χ1n) is 10.8.